The maximum atomic E-state index is 9.49. The van der Waals surface area contributed by atoms with Gasteiger partial charge in [0.05, 0.1) is 33.6 Å². The number of hydrogen-bond donors (Lipinski definition) is 0. The lowest BCUT2D eigenvalue weighted by atomic mass is 9.95. The zero-order valence-corrected chi connectivity index (χ0v) is 35.6. The molecule has 0 N–H and O–H groups in total. The van der Waals surface area contributed by atoms with Crippen molar-refractivity contribution >= 4 is 44.6 Å². The number of benzene rings is 8. The molecule has 314 valence electrons. The third-order valence-corrected chi connectivity index (χ3v) is 12.1. The number of aryl methyl sites for hydroxylation is 1. The van der Waals surface area contributed by atoms with E-state index in [9.17, 15) is 4.11 Å². The highest BCUT2D eigenvalue weighted by molar-refractivity contribution is 6.09. The fourth-order valence-corrected chi connectivity index (χ4v) is 9.20. The van der Waals surface area contributed by atoms with E-state index in [0.717, 1.165) is 39.3 Å². The molecule has 6 heteroatoms. The molecule has 0 amide bonds. The largest absolute Gasteiger partial charge is 0.457 e. The summed E-state index contributed by atoms with van der Waals surface area (Å²) < 4.78 is 95.6. The molecule has 8 aromatic carbocycles. The van der Waals surface area contributed by atoms with E-state index in [1.807, 2.05) is 84.9 Å². The molecule has 5 aliphatic rings. The van der Waals surface area contributed by atoms with Crippen LogP contribution in [0.25, 0.3) is 61.0 Å². The monoisotopic (exact) mass is 851 g/mol. The fraction of sp³-hybridized carbons (Fsp3) is 0.102. The van der Waals surface area contributed by atoms with Gasteiger partial charge in [0.1, 0.15) is 35.5 Å². The molecule has 0 aliphatic carbocycles. The van der Waals surface area contributed by atoms with E-state index in [0.29, 0.717) is 51.4 Å². The van der Waals surface area contributed by atoms with Gasteiger partial charge in [-0.15, -0.1) is 0 Å². The maximum absolute atomic E-state index is 9.49. The number of ether oxygens (including phenoxy) is 2. The van der Waals surface area contributed by atoms with Crippen LogP contribution in [0.1, 0.15) is 37.3 Å². The Balaban J connectivity index is 1.12. The molecule has 0 fully saturated rings. The third-order valence-electron chi connectivity index (χ3n) is 12.1. The first-order valence-corrected chi connectivity index (χ1v) is 21.7. The minimum absolute atomic E-state index is 0.0195. The smallest absolute Gasteiger partial charge is 0.137 e. The van der Waals surface area contributed by atoms with Crippen LogP contribution in [0.15, 0.2) is 194 Å². The maximum Gasteiger partial charge on any atom is 0.137 e. The number of para-hydroxylation sites is 4. The van der Waals surface area contributed by atoms with Crippen molar-refractivity contribution in [3.05, 3.63) is 205 Å². The van der Waals surface area contributed by atoms with Crippen molar-refractivity contribution < 1.29 is 21.8 Å². The van der Waals surface area contributed by atoms with Gasteiger partial charge in [0.15, 0.2) is 0 Å². The summed E-state index contributed by atoms with van der Waals surface area (Å²) in [7, 11) is 0. The zero-order valence-electron chi connectivity index (χ0n) is 44.6. The van der Waals surface area contributed by atoms with Crippen LogP contribution in [0.3, 0.4) is 0 Å². The zero-order chi connectivity index (χ0) is 51.4. The Morgan fingerprint density at radius 1 is 0.615 bits per heavy atom. The second-order valence-electron chi connectivity index (χ2n) is 16.6. The van der Waals surface area contributed by atoms with Gasteiger partial charge < -0.3 is 19.3 Å². The Bertz CT molecular complexity index is 3880. The topological polar surface area (TPSA) is 42.8 Å². The third kappa shape index (κ3) is 6.77. The van der Waals surface area contributed by atoms with E-state index in [4.69, 9.17) is 22.7 Å². The lowest BCUT2D eigenvalue weighted by Gasteiger charge is -2.27. The SMILES string of the molecule is [2H]c1c([2H])c([2H])c2c(c1[2H])c1ccc3cc1n2-c1cc(C([2H])([2H])C(C)C)c(cn1)-c1ccc(cc1)Oc1ccc(cc1)-c1cccc(-c2ccccc2)c1N1CN(c2ccc(C([2H])([2H])[2H])c(c2)O3)c2ccccc21. The standard InChI is InChI=1S/C59H46N4O2/c1-38(2)32-43-33-58-60-36-52(43)42-23-28-46(29-24-42)64-45-26-21-41(22-27-45)49-16-11-15-48(40-12-5-4-6-13-40)59(49)62-37-61(54-18-9-10-19-55(54)62)44-25-20-39(3)57(34-44)65-47-30-31-51-50-14-7-8-17-53(50)63(58)56(51)35-47/h4-31,33-36,38H,32,37H2,1-3H3/i3D3,7D,8D,14D,17D,32D2. The quantitative estimate of drug-likeness (QED) is 0.177. The first-order valence-electron chi connectivity index (χ1n) is 26.2. The van der Waals surface area contributed by atoms with Crippen LogP contribution >= 0.6 is 0 Å². The Kier molecular flexibility index (Phi) is 7.22. The average Bonchev–Trinajstić information content (AvgIpc) is 3.97. The van der Waals surface area contributed by atoms with Crippen LogP contribution in [0.2, 0.25) is 0 Å². The summed E-state index contributed by atoms with van der Waals surface area (Å²) in [5, 5.41) is 0.705. The van der Waals surface area contributed by atoms with Crippen LogP contribution in [-0.4, -0.2) is 16.2 Å². The molecule has 65 heavy (non-hydrogen) atoms. The summed E-state index contributed by atoms with van der Waals surface area (Å²) in [5.41, 5.74) is 9.55. The highest BCUT2D eigenvalue weighted by Gasteiger charge is 2.32. The van der Waals surface area contributed by atoms with Crippen molar-refractivity contribution in [3.8, 4) is 62.2 Å². The van der Waals surface area contributed by atoms with Gasteiger partial charge in [0, 0.05) is 58.3 Å². The average molecular weight is 852 g/mol. The number of rotatable bonds is 3. The molecule has 0 saturated heterocycles. The van der Waals surface area contributed by atoms with E-state index < -0.39 is 31.2 Å². The molecule has 0 radical (unpaired) electrons. The number of aromatic nitrogens is 2. The van der Waals surface area contributed by atoms with Crippen molar-refractivity contribution in [1.29, 1.82) is 0 Å². The highest BCUT2D eigenvalue weighted by Crippen LogP contribution is 2.51. The van der Waals surface area contributed by atoms with Gasteiger partial charge in [0.25, 0.3) is 0 Å². The molecule has 5 aliphatic heterocycles. The highest BCUT2D eigenvalue weighted by atomic mass is 16.5. The van der Waals surface area contributed by atoms with E-state index >= 15 is 0 Å². The number of pyridine rings is 1. The first-order chi connectivity index (χ1) is 35.6. The van der Waals surface area contributed by atoms with Crippen LogP contribution in [0, 0.1) is 12.8 Å². The van der Waals surface area contributed by atoms with Crippen LogP contribution in [-0.2, 0) is 6.37 Å². The van der Waals surface area contributed by atoms with E-state index in [2.05, 4.69) is 46.2 Å². The van der Waals surface area contributed by atoms with Gasteiger partial charge in [-0.1, -0.05) is 123 Å². The van der Waals surface area contributed by atoms with Crippen molar-refractivity contribution in [3.63, 3.8) is 0 Å². The number of nitrogens with zero attached hydrogens (tertiary/aromatic N) is 4. The molecule has 0 unspecified atom stereocenters. The summed E-state index contributed by atoms with van der Waals surface area (Å²) in [6, 6.07) is 50.5. The van der Waals surface area contributed by atoms with Gasteiger partial charge in [-0.25, -0.2) is 4.98 Å². The summed E-state index contributed by atoms with van der Waals surface area (Å²) in [4.78, 5) is 9.35. The lowest BCUT2D eigenvalue weighted by Crippen LogP contribution is -2.25. The minimum atomic E-state index is -2.58. The van der Waals surface area contributed by atoms with Gasteiger partial charge in [-0.05, 0) is 114 Å². The summed E-state index contributed by atoms with van der Waals surface area (Å²) in [5.74, 6) is 1.23. The Hall–Kier alpha value is -8.09. The minimum Gasteiger partial charge on any atom is -0.457 e. The number of anilines is 4. The second-order valence-corrected chi connectivity index (χ2v) is 16.6. The van der Waals surface area contributed by atoms with Crippen LogP contribution < -0.4 is 19.3 Å². The number of fused-ring (bicyclic) bond motifs is 6. The molecule has 0 atom stereocenters. The Morgan fingerprint density at radius 2 is 1.29 bits per heavy atom. The van der Waals surface area contributed by atoms with Crippen molar-refractivity contribution in [2.75, 3.05) is 16.5 Å². The van der Waals surface area contributed by atoms with E-state index in [1.165, 1.54) is 0 Å². The number of hydrogen-bond acceptors (Lipinski definition) is 5. The van der Waals surface area contributed by atoms with Crippen molar-refractivity contribution in [1.82, 2.24) is 9.55 Å². The molecular weight excluding hydrogens is 797 g/mol. The van der Waals surface area contributed by atoms with Gasteiger partial charge in [0.2, 0.25) is 0 Å². The predicted octanol–water partition coefficient (Wildman–Crippen LogP) is 15.8. The normalized spacial score (nSPS) is 15.3. The lowest BCUT2D eigenvalue weighted by molar-refractivity contribution is 0.479. The molecule has 6 nitrogen and oxygen atoms in total. The first kappa shape index (κ1) is 30.1. The van der Waals surface area contributed by atoms with Crippen LogP contribution in [0.4, 0.5) is 22.7 Å². The molecule has 7 heterocycles. The molecule has 0 spiro atoms. The predicted molar refractivity (Wildman–Crippen MR) is 267 cm³/mol. The molecule has 0 saturated carbocycles. The van der Waals surface area contributed by atoms with Crippen LogP contribution in [0.5, 0.6) is 23.0 Å². The molecular formula is C59H46N4O2. The van der Waals surface area contributed by atoms with Gasteiger partial charge in [-0.2, -0.15) is 0 Å². The Labute approximate surface area is 391 Å². The molecule has 15 rings (SSSR count). The van der Waals surface area contributed by atoms with Gasteiger partial charge in [-0.3, -0.25) is 4.57 Å². The van der Waals surface area contributed by atoms with Gasteiger partial charge >= 0.3 is 0 Å². The molecule has 2 aromatic heterocycles. The fourth-order valence-electron chi connectivity index (χ4n) is 9.20. The van der Waals surface area contributed by atoms with E-state index in [1.54, 1.807) is 67.1 Å². The molecule has 12 bridgehead atoms. The summed E-state index contributed by atoms with van der Waals surface area (Å²) in [6.07, 6.45) is -0.303. The summed E-state index contributed by atoms with van der Waals surface area (Å²) in [6.45, 7) is 1.38. The Morgan fingerprint density at radius 3 is 2.03 bits per heavy atom. The van der Waals surface area contributed by atoms with E-state index in [-0.39, 0.29) is 45.9 Å². The van der Waals surface area contributed by atoms with Crippen molar-refractivity contribution in [2.45, 2.75) is 27.1 Å². The van der Waals surface area contributed by atoms with Crippen molar-refractivity contribution in [2.24, 2.45) is 5.92 Å². The molecule has 10 aromatic rings. The second kappa shape index (κ2) is 15.6. The summed E-state index contributed by atoms with van der Waals surface area (Å²) >= 11 is 0.